The molecule has 2 heterocycles. The fraction of sp³-hybridized carbons (Fsp3) is 0.0769. The maximum atomic E-state index is 6.34. The van der Waals surface area contributed by atoms with E-state index in [2.05, 4.69) is 57.7 Å². The van der Waals surface area contributed by atoms with Gasteiger partial charge in [0.05, 0.1) is 9.83 Å². The molecule has 0 spiro atoms. The summed E-state index contributed by atoms with van der Waals surface area (Å²) in [6.45, 7) is 0. The van der Waals surface area contributed by atoms with Crippen LogP contribution in [0, 0.1) is 0 Å². The monoisotopic (exact) mass is 323 g/mol. The Morgan fingerprint density at radius 3 is 2.71 bits per heavy atom. The molecule has 1 nitrogen and oxygen atoms in total. The fourth-order valence-electron chi connectivity index (χ4n) is 1.89. The second-order valence-corrected chi connectivity index (χ2v) is 7.21. The molecular weight excluding hydrogens is 314 g/mol. The van der Waals surface area contributed by atoms with E-state index in [0.717, 1.165) is 3.79 Å². The van der Waals surface area contributed by atoms with Gasteiger partial charge >= 0.3 is 0 Å². The lowest BCUT2D eigenvalue weighted by Gasteiger charge is -2.08. The average Bonchev–Trinajstić information content (AvgIpc) is 2.94. The normalized spacial score (nSPS) is 13.1. The van der Waals surface area contributed by atoms with Crippen molar-refractivity contribution in [1.29, 1.82) is 0 Å². The van der Waals surface area contributed by atoms with Gasteiger partial charge in [-0.05, 0) is 50.5 Å². The highest BCUT2D eigenvalue weighted by atomic mass is 79.9. The molecule has 0 fully saturated rings. The highest BCUT2D eigenvalue weighted by Gasteiger charge is 2.15. The maximum Gasteiger partial charge on any atom is 0.0702 e. The Balaban J connectivity index is 2.09. The second-order valence-electron chi connectivity index (χ2n) is 3.81. The molecule has 2 N–H and O–H groups in total. The molecule has 1 unspecified atom stereocenters. The van der Waals surface area contributed by atoms with Gasteiger partial charge in [-0.3, -0.25) is 0 Å². The molecular formula is C13H10BrNS2. The highest BCUT2D eigenvalue weighted by molar-refractivity contribution is 9.11. The first-order chi connectivity index (χ1) is 8.25. The summed E-state index contributed by atoms with van der Waals surface area (Å²) in [6.07, 6.45) is 0. The third-order valence-electron chi connectivity index (χ3n) is 2.75. The maximum absolute atomic E-state index is 6.34. The first-order valence-corrected chi connectivity index (χ1v) is 7.71. The molecule has 0 amide bonds. The lowest BCUT2D eigenvalue weighted by Crippen LogP contribution is -2.09. The fourth-order valence-corrected chi connectivity index (χ4v) is 4.33. The molecule has 0 bridgehead atoms. The number of benzene rings is 1. The zero-order valence-corrected chi connectivity index (χ0v) is 12.1. The molecule has 0 saturated carbocycles. The Bertz CT molecular complexity index is 656. The van der Waals surface area contributed by atoms with Crippen molar-refractivity contribution in [2.75, 3.05) is 0 Å². The minimum Gasteiger partial charge on any atom is -0.320 e. The van der Waals surface area contributed by atoms with Crippen LogP contribution >= 0.6 is 38.6 Å². The molecule has 0 aliphatic carbocycles. The summed E-state index contributed by atoms with van der Waals surface area (Å²) in [5.41, 5.74) is 7.56. The van der Waals surface area contributed by atoms with Gasteiger partial charge < -0.3 is 5.73 Å². The average molecular weight is 324 g/mol. The first kappa shape index (κ1) is 11.4. The van der Waals surface area contributed by atoms with Crippen molar-refractivity contribution in [1.82, 2.24) is 0 Å². The Morgan fingerprint density at radius 1 is 1.12 bits per heavy atom. The van der Waals surface area contributed by atoms with Gasteiger partial charge in [-0.1, -0.05) is 18.2 Å². The van der Waals surface area contributed by atoms with E-state index in [1.165, 1.54) is 20.5 Å². The van der Waals surface area contributed by atoms with E-state index in [1.54, 1.807) is 22.7 Å². The SMILES string of the molecule is NC(c1ccc(Br)s1)c1csc2ccccc12. The van der Waals surface area contributed by atoms with E-state index in [1.807, 2.05) is 0 Å². The Labute approximate surface area is 116 Å². The summed E-state index contributed by atoms with van der Waals surface area (Å²) in [5.74, 6) is 0. The van der Waals surface area contributed by atoms with Crippen LogP contribution in [0.15, 0.2) is 45.6 Å². The molecule has 1 aromatic carbocycles. The molecule has 0 aliphatic rings. The Morgan fingerprint density at radius 2 is 1.94 bits per heavy atom. The summed E-state index contributed by atoms with van der Waals surface area (Å²) in [7, 11) is 0. The number of halogens is 1. The highest BCUT2D eigenvalue weighted by Crippen LogP contribution is 2.35. The predicted molar refractivity (Wildman–Crippen MR) is 79.9 cm³/mol. The minimum absolute atomic E-state index is 0.0255. The molecule has 0 aliphatic heterocycles. The lowest BCUT2D eigenvalue weighted by atomic mass is 10.1. The molecule has 86 valence electrons. The van der Waals surface area contributed by atoms with Crippen molar-refractivity contribution in [3.8, 4) is 0 Å². The van der Waals surface area contributed by atoms with Crippen molar-refractivity contribution in [3.63, 3.8) is 0 Å². The van der Waals surface area contributed by atoms with E-state index in [0.29, 0.717) is 0 Å². The molecule has 3 aromatic rings. The molecule has 3 rings (SSSR count). The van der Waals surface area contributed by atoms with Gasteiger partial charge in [0, 0.05) is 9.58 Å². The van der Waals surface area contributed by atoms with Crippen LogP contribution in [-0.2, 0) is 0 Å². The van der Waals surface area contributed by atoms with Crippen LogP contribution < -0.4 is 5.73 Å². The van der Waals surface area contributed by atoms with Gasteiger partial charge in [0.25, 0.3) is 0 Å². The quantitative estimate of drug-likeness (QED) is 0.722. The van der Waals surface area contributed by atoms with Crippen LogP contribution in [0.1, 0.15) is 16.5 Å². The molecule has 4 heteroatoms. The van der Waals surface area contributed by atoms with Crippen LogP contribution in [0.5, 0.6) is 0 Å². The summed E-state index contributed by atoms with van der Waals surface area (Å²) in [4.78, 5) is 1.19. The zero-order valence-electron chi connectivity index (χ0n) is 8.89. The van der Waals surface area contributed by atoms with Gasteiger partial charge in [-0.2, -0.15) is 0 Å². The standard InChI is InChI=1S/C13H10BrNS2/c14-12-6-5-11(17-12)13(15)9-7-16-10-4-2-1-3-8(9)10/h1-7,13H,15H2. The van der Waals surface area contributed by atoms with Crippen LogP contribution in [0.2, 0.25) is 0 Å². The number of nitrogens with two attached hydrogens (primary N) is 1. The van der Waals surface area contributed by atoms with E-state index >= 15 is 0 Å². The summed E-state index contributed by atoms with van der Waals surface area (Å²) in [6, 6.07) is 12.5. The first-order valence-electron chi connectivity index (χ1n) is 5.22. The van der Waals surface area contributed by atoms with E-state index in [4.69, 9.17) is 5.73 Å². The summed E-state index contributed by atoms with van der Waals surface area (Å²) < 4.78 is 2.43. The predicted octanol–water partition coefficient (Wildman–Crippen LogP) is 4.77. The van der Waals surface area contributed by atoms with Crippen LogP contribution in [0.25, 0.3) is 10.1 Å². The third-order valence-corrected chi connectivity index (χ3v) is 5.43. The van der Waals surface area contributed by atoms with Gasteiger partial charge in [0.15, 0.2) is 0 Å². The Kier molecular flexibility index (Phi) is 3.04. The molecule has 0 saturated heterocycles. The molecule has 1 atom stereocenters. The van der Waals surface area contributed by atoms with E-state index in [-0.39, 0.29) is 6.04 Å². The molecule has 17 heavy (non-hydrogen) atoms. The van der Waals surface area contributed by atoms with E-state index in [9.17, 15) is 0 Å². The smallest absolute Gasteiger partial charge is 0.0702 e. The molecule has 0 radical (unpaired) electrons. The van der Waals surface area contributed by atoms with Crippen molar-refractivity contribution >= 4 is 48.7 Å². The molecule has 2 aromatic heterocycles. The van der Waals surface area contributed by atoms with E-state index < -0.39 is 0 Å². The van der Waals surface area contributed by atoms with Gasteiger partial charge in [-0.15, -0.1) is 22.7 Å². The van der Waals surface area contributed by atoms with Crippen LogP contribution in [0.3, 0.4) is 0 Å². The van der Waals surface area contributed by atoms with Gasteiger partial charge in [0.1, 0.15) is 0 Å². The summed E-state index contributed by atoms with van der Waals surface area (Å²) in [5, 5.41) is 3.44. The van der Waals surface area contributed by atoms with Crippen molar-refractivity contribution in [2.45, 2.75) is 6.04 Å². The van der Waals surface area contributed by atoms with Crippen LogP contribution in [0.4, 0.5) is 0 Å². The zero-order chi connectivity index (χ0) is 11.8. The van der Waals surface area contributed by atoms with Gasteiger partial charge in [0.2, 0.25) is 0 Å². The van der Waals surface area contributed by atoms with Crippen molar-refractivity contribution < 1.29 is 0 Å². The van der Waals surface area contributed by atoms with Crippen molar-refractivity contribution in [2.24, 2.45) is 5.73 Å². The topological polar surface area (TPSA) is 26.0 Å². The summed E-state index contributed by atoms with van der Waals surface area (Å²) >= 11 is 6.93. The van der Waals surface area contributed by atoms with Gasteiger partial charge in [-0.25, -0.2) is 0 Å². The second kappa shape index (κ2) is 4.53. The van der Waals surface area contributed by atoms with Crippen LogP contribution in [-0.4, -0.2) is 0 Å². The third kappa shape index (κ3) is 2.06. The minimum atomic E-state index is -0.0255. The number of hydrogen-bond donors (Lipinski definition) is 1. The number of hydrogen-bond acceptors (Lipinski definition) is 3. The number of rotatable bonds is 2. The number of fused-ring (bicyclic) bond motifs is 1. The van der Waals surface area contributed by atoms with Crippen molar-refractivity contribution in [3.05, 3.63) is 56.0 Å². The number of thiophene rings is 2. The lowest BCUT2D eigenvalue weighted by molar-refractivity contribution is 0.908. The largest absolute Gasteiger partial charge is 0.320 e. The Hall–Kier alpha value is -0.680.